The molecule has 0 aliphatic heterocycles. The molecule has 0 bridgehead atoms. The zero-order valence-electron chi connectivity index (χ0n) is 23.7. The van der Waals surface area contributed by atoms with Gasteiger partial charge in [-0.25, -0.2) is 9.78 Å². The van der Waals surface area contributed by atoms with Gasteiger partial charge in [0, 0.05) is 23.0 Å². The van der Waals surface area contributed by atoms with E-state index in [1.165, 1.54) is 18.3 Å². The first-order valence-electron chi connectivity index (χ1n) is 12.8. The number of nitrogen functional groups attached to an aromatic ring is 1. The standard InChI is InChI=1S/C26H29ClN6O4.C2HF3O2/c1-4-36-21-13-17(7-10-20(21)37-15(2)3)23(31-19-8-5-16(6-9-19)24(28)29)26(35)33-32-25(34)18-11-12-30-22(27)14-18;3-2(4,5)1(6)7/h5-15,23,31H,4H2,1-3H3,(H3,28,29)(H,32,34)(H,33,35);(H,6,7). The van der Waals surface area contributed by atoms with E-state index in [2.05, 4.69) is 21.2 Å². The number of rotatable bonds is 10. The molecule has 0 aliphatic rings. The first-order valence-corrected chi connectivity index (χ1v) is 13.2. The van der Waals surface area contributed by atoms with Crippen molar-refractivity contribution in [1.82, 2.24) is 15.8 Å². The summed E-state index contributed by atoms with van der Waals surface area (Å²) in [6, 6.07) is 13.9. The van der Waals surface area contributed by atoms with Crippen LogP contribution >= 0.6 is 11.6 Å². The van der Waals surface area contributed by atoms with Gasteiger partial charge in [0.1, 0.15) is 17.0 Å². The number of aliphatic carboxylic acids is 1. The van der Waals surface area contributed by atoms with E-state index in [9.17, 15) is 22.8 Å². The Balaban J connectivity index is 0.000000860. The van der Waals surface area contributed by atoms with Crippen LogP contribution in [-0.2, 0) is 9.59 Å². The number of carbonyl (C=O) groups excluding carboxylic acids is 2. The quantitative estimate of drug-likeness (QED) is 0.0806. The molecule has 2 amide bonds. The molecule has 0 spiro atoms. The third-order valence-corrected chi connectivity index (χ3v) is 5.47. The van der Waals surface area contributed by atoms with Crippen molar-refractivity contribution in [3.63, 3.8) is 0 Å². The number of nitrogens with two attached hydrogens (primary N) is 1. The topological polar surface area (TPSA) is 189 Å². The predicted molar refractivity (Wildman–Crippen MR) is 156 cm³/mol. The van der Waals surface area contributed by atoms with Crippen LogP contribution in [0.3, 0.4) is 0 Å². The Labute approximate surface area is 255 Å². The minimum Gasteiger partial charge on any atom is -0.490 e. The Bertz CT molecular complexity index is 1470. The zero-order valence-corrected chi connectivity index (χ0v) is 24.4. The van der Waals surface area contributed by atoms with Crippen molar-refractivity contribution in [3.8, 4) is 11.5 Å². The smallest absolute Gasteiger partial charge is 0.490 e. The third kappa shape index (κ3) is 11.0. The van der Waals surface area contributed by atoms with Crippen LogP contribution in [0, 0.1) is 5.41 Å². The Kier molecular flexibility index (Phi) is 12.8. The summed E-state index contributed by atoms with van der Waals surface area (Å²) in [5.74, 6) is -2.89. The number of nitrogens with one attached hydrogen (secondary N) is 4. The van der Waals surface area contributed by atoms with Crippen molar-refractivity contribution in [2.75, 3.05) is 11.9 Å². The van der Waals surface area contributed by atoms with E-state index < -0.39 is 30.0 Å². The molecule has 7 N–H and O–H groups in total. The average Bonchev–Trinajstić information content (AvgIpc) is 2.95. The second-order valence-corrected chi connectivity index (χ2v) is 9.37. The molecule has 1 aromatic heterocycles. The molecule has 1 heterocycles. The van der Waals surface area contributed by atoms with Crippen LogP contribution in [-0.4, -0.2) is 52.6 Å². The molecule has 44 heavy (non-hydrogen) atoms. The van der Waals surface area contributed by atoms with Gasteiger partial charge < -0.3 is 25.6 Å². The van der Waals surface area contributed by atoms with Gasteiger partial charge in [-0.1, -0.05) is 17.7 Å². The number of ether oxygens (including phenoxy) is 2. The van der Waals surface area contributed by atoms with Crippen LogP contribution in [0.5, 0.6) is 11.5 Å². The number of aromatic nitrogens is 1. The zero-order chi connectivity index (χ0) is 33.0. The van der Waals surface area contributed by atoms with E-state index in [-0.39, 0.29) is 22.7 Å². The Morgan fingerprint density at radius 1 is 1.02 bits per heavy atom. The van der Waals surface area contributed by atoms with Gasteiger partial charge in [-0.2, -0.15) is 13.2 Å². The van der Waals surface area contributed by atoms with Crippen molar-refractivity contribution < 1.29 is 42.1 Å². The van der Waals surface area contributed by atoms with Crippen LogP contribution in [0.15, 0.2) is 60.8 Å². The van der Waals surface area contributed by atoms with Crippen molar-refractivity contribution in [1.29, 1.82) is 5.41 Å². The number of amidine groups is 1. The summed E-state index contributed by atoms with van der Waals surface area (Å²) in [6.07, 6.45) is -3.76. The Morgan fingerprint density at radius 3 is 2.18 bits per heavy atom. The minimum atomic E-state index is -5.08. The second-order valence-electron chi connectivity index (χ2n) is 8.99. The highest BCUT2D eigenvalue weighted by Gasteiger charge is 2.38. The largest absolute Gasteiger partial charge is 0.490 e. The molecular formula is C28H30ClF3N6O6. The summed E-state index contributed by atoms with van der Waals surface area (Å²) >= 11 is 5.86. The number of benzene rings is 2. The fourth-order valence-corrected chi connectivity index (χ4v) is 3.52. The number of hydrogen-bond acceptors (Lipinski definition) is 8. The number of carboxylic acid groups (broad SMARTS) is 1. The molecule has 236 valence electrons. The highest BCUT2D eigenvalue weighted by atomic mass is 35.5. The number of amides is 2. The third-order valence-electron chi connectivity index (χ3n) is 5.26. The normalized spacial score (nSPS) is 11.4. The average molecular weight is 639 g/mol. The molecule has 0 fully saturated rings. The number of hydrazine groups is 1. The van der Waals surface area contributed by atoms with Crippen LogP contribution in [0.1, 0.15) is 48.3 Å². The lowest BCUT2D eigenvalue weighted by Gasteiger charge is -2.22. The summed E-state index contributed by atoms with van der Waals surface area (Å²) in [6.45, 7) is 6.07. The Morgan fingerprint density at radius 2 is 1.66 bits per heavy atom. The van der Waals surface area contributed by atoms with E-state index in [1.54, 1.807) is 42.5 Å². The van der Waals surface area contributed by atoms with E-state index in [1.807, 2.05) is 20.8 Å². The monoisotopic (exact) mass is 638 g/mol. The van der Waals surface area contributed by atoms with Gasteiger partial charge in [0.05, 0.1) is 12.7 Å². The number of nitrogens with zero attached hydrogens (tertiary/aromatic N) is 1. The number of alkyl halides is 3. The SMILES string of the molecule is CCOc1cc(C(Nc2ccc(C(=N)N)cc2)C(=O)NNC(=O)c2ccnc(Cl)c2)ccc1OC(C)C.O=C(O)C(F)(F)F. The summed E-state index contributed by atoms with van der Waals surface area (Å²) in [5, 5.41) is 18.0. The number of anilines is 1. The Hall–Kier alpha value is -5.05. The molecule has 1 atom stereocenters. The van der Waals surface area contributed by atoms with Crippen LogP contribution < -0.4 is 31.4 Å². The maximum atomic E-state index is 13.3. The maximum Gasteiger partial charge on any atom is 0.490 e. The number of carboxylic acids is 1. The van der Waals surface area contributed by atoms with Crippen LogP contribution in [0.25, 0.3) is 0 Å². The molecule has 1 unspecified atom stereocenters. The summed E-state index contributed by atoms with van der Waals surface area (Å²) < 4.78 is 43.3. The lowest BCUT2D eigenvalue weighted by Crippen LogP contribution is -2.45. The molecule has 0 radical (unpaired) electrons. The summed E-state index contributed by atoms with van der Waals surface area (Å²) in [7, 11) is 0. The minimum absolute atomic E-state index is 0.0677. The lowest BCUT2D eigenvalue weighted by molar-refractivity contribution is -0.192. The van der Waals surface area contributed by atoms with Gasteiger partial charge in [-0.05, 0) is 74.9 Å². The fourth-order valence-electron chi connectivity index (χ4n) is 3.34. The highest BCUT2D eigenvalue weighted by molar-refractivity contribution is 6.29. The summed E-state index contributed by atoms with van der Waals surface area (Å²) in [5.41, 5.74) is 12.3. The van der Waals surface area contributed by atoms with Gasteiger partial charge in [-0.3, -0.25) is 25.8 Å². The summed E-state index contributed by atoms with van der Waals surface area (Å²) in [4.78, 5) is 38.5. The van der Waals surface area contributed by atoms with E-state index in [0.29, 0.717) is 34.9 Å². The van der Waals surface area contributed by atoms with Gasteiger partial charge >= 0.3 is 12.1 Å². The van der Waals surface area contributed by atoms with E-state index in [0.717, 1.165) is 0 Å². The maximum absolute atomic E-state index is 13.3. The number of halogens is 4. The lowest BCUT2D eigenvalue weighted by atomic mass is 10.0. The molecule has 2 aromatic carbocycles. The second kappa shape index (κ2) is 16.0. The van der Waals surface area contributed by atoms with Crippen molar-refractivity contribution in [3.05, 3.63) is 82.6 Å². The molecule has 12 nitrogen and oxygen atoms in total. The number of hydrogen-bond donors (Lipinski definition) is 6. The number of pyridine rings is 1. The van der Waals surface area contributed by atoms with Gasteiger partial charge in [-0.15, -0.1) is 0 Å². The van der Waals surface area contributed by atoms with Gasteiger partial charge in [0.25, 0.3) is 11.8 Å². The fraction of sp³-hybridized carbons (Fsp3) is 0.250. The van der Waals surface area contributed by atoms with Gasteiger partial charge in [0.15, 0.2) is 11.5 Å². The number of carbonyl (C=O) groups is 3. The molecule has 3 rings (SSSR count). The molecule has 0 saturated carbocycles. The van der Waals surface area contributed by atoms with Gasteiger partial charge in [0.2, 0.25) is 0 Å². The van der Waals surface area contributed by atoms with E-state index >= 15 is 0 Å². The molecule has 0 saturated heterocycles. The van der Waals surface area contributed by atoms with Crippen molar-refractivity contribution >= 4 is 40.9 Å². The van der Waals surface area contributed by atoms with Crippen LogP contribution in [0.2, 0.25) is 5.15 Å². The molecular weight excluding hydrogens is 609 g/mol. The molecule has 0 aliphatic carbocycles. The molecule has 3 aromatic rings. The predicted octanol–water partition coefficient (Wildman–Crippen LogP) is 4.45. The highest BCUT2D eigenvalue weighted by Crippen LogP contribution is 2.33. The first-order chi connectivity index (χ1) is 20.6. The molecule has 16 heteroatoms. The van der Waals surface area contributed by atoms with E-state index in [4.69, 9.17) is 42.1 Å². The first kappa shape index (κ1) is 35.1. The van der Waals surface area contributed by atoms with Crippen molar-refractivity contribution in [2.24, 2.45) is 5.73 Å². The van der Waals surface area contributed by atoms with Crippen molar-refractivity contribution in [2.45, 2.75) is 39.1 Å². The van der Waals surface area contributed by atoms with Crippen LogP contribution in [0.4, 0.5) is 18.9 Å².